The molecule has 0 bridgehead atoms. The number of aromatic nitrogens is 1. The van der Waals surface area contributed by atoms with Crippen molar-refractivity contribution in [3.8, 4) is 0 Å². The lowest BCUT2D eigenvalue weighted by molar-refractivity contribution is -0.130. The number of carbonyl (C=O) groups excluding carboxylic acids is 1. The lowest BCUT2D eigenvalue weighted by Crippen LogP contribution is -2.35. The number of pyridine rings is 1. The summed E-state index contributed by atoms with van der Waals surface area (Å²) >= 11 is 5.63. The van der Waals surface area contributed by atoms with Crippen molar-refractivity contribution in [3.63, 3.8) is 0 Å². The number of halogens is 2. The zero-order valence-corrected chi connectivity index (χ0v) is 12.6. The molecular formula is C16H16ClFN2O2. The molecule has 0 aliphatic heterocycles. The number of carbonyl (C=O) groups is 1. The molecule has 2 rings (SSSR count). The summed E-state index contributed by atoms with van der Waals surface area (Å²) in [6.45, 7) is 0.379. The summed E-state index contributed by atoms with van der Waals surface area (Å²) in [6.07, 6.45) is 0.0279. The number of amides is 1. The number of hydrogen-bond donors (Lipinski definition) is 1. The summed E-state index contributed by atoms with van der Waals surface area (Å²) in [7, 11) is 0. The molecule has 116 valence electrons. The van der Waals surface area contributed by atoms with Crippen LogP contribution in [-0.4, -0.2) is 33.3 Å². The summed E-state index contributed by atoms with van der Waals surface area (Å²) in [5.74, 6) is -0.934. The molecule has 0 radical (unpaired) electrons. The van der Waals surface area contributed by atoms with Gasteiger partial charge in [-0.1, -0.05) is 30.3 Å². The van der Waals surface area contributed by atoms with Gasteiger partial charge in [-0.2, -0.15) is 0 Å². The Balaban J connectivity index is 2.09. The maximum atomic E-state index is 12.9. The molecule has 1 aromatic carbocycles. The van der Waals surface area contributed by atoms with E-state index < -0.39 is 11.9 Å². The first-order valence-electron chi connectivity index (χ1n) is 6.77. The van der Waals surface area contributed by atoms with Gasteiger partial charge in [-0.15, -0.1) is 11.6 Å². The Hall–Kier alpha value is -1.98. The van der Waals surface area contributed by atoms with Crippen LogP contribution in [0.5, 0.6) is 0 Å². The fourth-order valence-electron chi connectivity index (χ4n) is 2.03. The van der Waals surface area contributed by atoms with E-state index in [1.807, 2.05) is 30.3 Å². The Morgan fingerprint density at radius 2 is 2.00 bits per heavy atom. The molecule has 0 saturated carbocycles. The average Bonchev–Trinajstić information content (AvgIpc) is 2.55. The minimum Gasteiger partial charge on any atom is -0.385 e. The summed E-state index contributed by atoms with van der Waals surface area (Å²) < 4.78 is 12.9. The highest BCUT2D eigenvalue weighted by atomic mass is 35.5. The van der Waals surface area contributed by atoms with Crippen LogP contribution in [0.2, 0.25) is 0 Å². The molecule has 0 spiro atoms. The first-order valence-corrected chi connectivity index (χ1v) is 7.31. The third-order valence-electron chi connectivity index (χ3n) is 3.17. The number of aliphatic hydroxyl groups excluding tert-OH is 1. The van der Waals surface area contributed by atoms with Crippen LogP contribution in [0.4, 0.5) is 4.39 Å². The first-order chi connectivity index (χ1) is 10.6. The van der Waals surface area contributed by atoms with E-state index in [0.29, 0.717) is 12.2 Å². The van der Waals surface area contributed by atoms with E-state index in [1.54, 1.807) is 0 Å². The smallest absolute Gasteiger partial charge is 0.237 e. The third-order valence-corrected chi connectivity index (χ3v) is 3.40. The van der Waals surface area contributed by atoms with Crippen LogP contribution in [0, 0.1) is 5.82 Å². The van der Waals surface area contributed by atoms with Gasteiger partial charge >= 0.3 is 0 Å². The molecule has 1 N–H and O–H groups in total. The van der Waals surface area contributed by atoms with Crippen LogP contribution < -0.4 is 0 Å². The standard InChI is InChI=1S/C16H16ClFN2O2/c17-8-16(22)20(10-12-4-2-1-3-5-12)11-15(21)14-7-6-13(18)9-19-14/h1-7,9,15,21H,8,10-11H2. The number of hydrogen-bond acceptors (Lipinski definition) is 3. The quantitative estimate of drug-likeness (QED) is 0.831. The molecular weight excluding hydrogens is 307 g/mol. The van der Waals surface area contributed by atoms with Gasteiger partial charge in [-0.3, -0.25) is 9.78 Å². The van der Waals surface area contributed by atoms with E-state index in [2.05, 4.69) is 4.98 Å². The molecule has 22 heavy (non-hydrogen) atoms. The fraction of sp³-hybridized carbons (Fsp3) is 0.250. The molecule has 1 heterocycles. The van der Waals surface area contributed by atoms with Crippen LogP contribution >= 0.6 is 11.6 Å². The molecule has 1 atom stereocenters. The van der Waals surface area contributed by atoms with Crippen molar-refractivity contribution >= 4 is 17.5 Å². The van der Waals surface area contributed by atoms with Crippen LogP contribution in [-0.2, 0) is 11.3 Å². The summed E-state index contributed by atoms with van der Waals surface area (Å²) in [5, 5.41) is 10.2. The minimum atomic E-state index is -1.00. The Bertz CT molecular complexity index is 607. The lowest BCUT2D eigenvalue weighted by Gasteiger charge is -2.24. The van der Waals surface area contributed by atoms with Gasteiger partial charge in [0.25, 0.3) is 0 Å². The van der Waals surface area contributed by atoms with Crippen molar-refractivity contribution < 1.29 is 14.3 Å². The van der Waals surface area contributed by atoms with E-state index in [4.69, 9.17) is 11.6 Å². The predicted octanol–water partition coefficient (Wildman–Crippen LogP) is 2.52. The first kappa shape index (κ1) is 16.4. The van der Waals surface area contributed by atoms with Gasteiger partial charge < -0.3 is 10.0 Å². The van der Waals surface area contributed by atoms with Gasteiger partial charge in [0.2, 0.25) is 5.91 Å². The van der Waals surface area contributed by atoms with Gasteiger partial charge in [-0.05, 0) is 17.7 Å². The second kappa shape index (κ2) is 7.87. The summed E-state index contributed by atoms with van der Waals surface area (Å²) in [5.41, 5.74) is 1.24. The number of benzene rings is 1. The summed E-state index contributed by atoms with van der Waals surface area (Å²) in [4.78, 5) is 17.2. The third kappa shape index (κ3) is 4.51. The molecule has 1 amide bonds. The second-order valence-corrected chi connectivity index (χ2v) is 5.08. The van der Waals surface area contributed by atoms with Gasteiger partial charge in [0, 0.05) is 6.54 Å². The Kier molecular flexibility index (Phi) is 5.86. The molecule has 2 aromatic rings. The molecule has 1 unspecified atom stereocenters. The molecule has 0 aliphatic rings. The SMILES string of the molecule is O=C(CCl)N(Cc1ccccc1)CC(O)c1ccc(F)cn1. The molecule has 0 saturated heterocycles. The molecule has 1 aromatic heterocycles. The predicted molar refractivity (Wildman–Crippen MR) is 81.7 cm³/mol. The second-order valence-electron chi connectivity index (χ2n) is 4.81. The van der Waals surface area contributed by atoms with Crippen LogP contribution in [0.3, 0.4) is 0 Å². The van der Waals surface area contributed by atoms with E-state index in [0.717, 1.165) is 11.8 Å². The Labute approximate surface area is 133 Å². The van der Waals surface area contributed by atoms with Gasteiger partial charge in [-0.25, -0.2) is 4.39 Å². The number of rotatable bonds is 6. The maximum absolute atomic E-state index is 12.9. The maximum Gasteiger partial charge on any atom is 0.237 e. The van der Waals surface area contributed by atoms with Crippen LogP contribution in [0.15, 0.2) is 48.7 Å². The highest BCUT2D eigenvalue weighted by Gasteiger charge is 2.19. The topological polar surface area (TPSA) is 53.4 Å². The monoisotopic (exact) mass is 322 g/mol. The zero-order chi connectivity index (χ0) is 15.9. The van der Waals surface area contributed by atoms with Crippen molar-refractivity contribution in [2.45, 2.75) is 12.6 Å². The number of aliphatic hydroxyl groups is 1. The highest BCUT2D eigenvalue weighted by Crippen LogP contribution is 2.15. The van der Waals surface area contributed by atoms with Crippen molar-refractivity contribution in [2.24, 2.45) is 0 Å². The lowest BCUT2D eigenvalue weighted by atomic mass is 10.1. The van der Waals surface area contributed by atoms with Crippen LogP contribution in [0.25, 0.3) is 0 Å². The molecule has 6 heteroatoms. The number of nitrogens with zero attached hydrogens (tertiary/aromatic N) is 2. The van der Waals surface area contributed by atoms with Crippen molar-refractivity contribution in [1.82, 2.24) is 9.88 Å². The summed E-state index contributed by atoms with van der Waals surface area (Å²) in [6, 6.07) is 12.0. The van der Waals surface area contributed by atoms with E-state index in [1.165, 1.54) is 17.0 Å². The molecule has 0 aliphatic carbocycles. The fourth-order valence-corrected chi connectivity index (χ4v) is 2.20. The van der Waals surface area contributed by atoms with E-state index in [9.17, 15) is 14.3 Å². The number of alkyl halides is 1. The van der Waals surface area contributed by atoms with Crippen molar-refractivity contribution in [2.75, 3.05) is 12.4 Å². The van der Waals surface area contributed by atoms with Gasteiger partial charge in [0.15, 0.2) is 0 Å². The van der Waals surface area contributed by atoms with Crippen molar-refractivity contribution in [1.29, 1.82) is 0 Å². The van der Waals surface area contributed by atoms with Crippen molar-refractivity contribution in [3.05, 3.63) is 65.7 Å². The average molecular weight is 323 g/mol. The largest absolute Gasteiger partial charge is 0.385 e. The zero-order valence-electron chi connectivity index (χ0n) is 11.8. The van der Waals surface area contributed by atoms with Crippen LogP contribution in [0.1, 0.15) is 17.4 Å². The van der Waals surface area contributed by atoms with Gasteiger partial charge in [0.1, 0.15) is 17.8 Å². The Morgan fingerprint density at radius 1 is 1.27 bits per heavy atom. The highest BCUT2D eigenvalue weighted by molar-refractivity contribution is 6.27. The Morgan fingerprint density at radius 3 is 2.59 bits per heavy atom. The molecule has 4 nitrogen and oxygen atoms in total. The molecule has 0 fully saturated rings. The normalized spacial score (nSPS) is 12.0. The van der Waals surface area contributed by atoms with E-state index >= 15 is 0 Å². The van der Waals surface area contributed by atoms with E-state index in [-0.39, 0.29) is 18.3 Å². The minimum absolute atomic E-state index is 0.0408. The van der Waals surface area contributed by atoms with Gasteiger partial charge in [0.05, 0.1) is 18.4 Å².